The highest BCUT2D eigenvalue weighted by atomic mass is 32.2. The maximum atomic E-state index is 14.1. The highest BCUT2D eigenvalue weighted by molar-refractivity contribution is 7.99. The number of carbonyl (C=O) groups is 2. The summed E-state index contributed by atoms with van der Waals surface area (Å²) < 4.78 is 5.47. The Morgan fingerprint density at radius 2 is 1.63 bits per heavy atom. The molecule has 41 heavy (non-hydrogen) atoms. The third-order valence-corrected chi connectivity index (χ3v) is 8.88. The Balaban J connectivity index is 1.39. The number of benzene rings is 2. The summed E-state index contributed by atoms with van der Waals surface area (Å²) in [4.78, 5) is 41.3. The number of nitrogens with zero attached hydrogens (tertiary/aromatic N) is 4. The second-order valence-corrected chi connectivity index (χ2v) is 11.9. The molecular formula is C32H39N5O3S. The number of carbonyl (C=O) groups excluding carboxylic acids is 2. The Hall–Kier alpha value is -3.43. The predicted molar refractivity (Wildman–Crippen MR) is 163 cm³/mol. The fraction of sp³-hybridized carbons (Fsp3) is 0.438. The number of anilines is 2. The van der Waals surface area contributed by atoms with Crippen LogP contribution < -0.4 is 10.2 Å². The van der Waals surface area contributed by atoms with Crippen LogP contribution in [0.3, 0.4) is 0 Å². The van der Waals surface area contributed by atoms with Crippen molar-refractivity contribution in [2.75, 3.05) is 42.3 Å². The number of hydrogen-bond acceptors (Lipinski definition) is 7. The van der Waals surface area contributed by atoms with E-state index in [4.69, 9.17) is 4.74 Å². The monoisotopic (exact) mass is 573 g/mol. The molecule has 1 aliphatic heterocycles. The van der Waals surface area contributed by atoms with Gasteiger partial charge in [0, 0.05) is 42.4 Å². The molecule has 2 fully saturated rings. The molecule has 216 valence electrons. The van der Waals surface area contributed by atoms with E-state index in [1.54, 1.807) is 0 Å². The van der Waals surface area contributed by atoms with Gasteiger partial charge in [0.2, 0.25) is 11.8 Å². The standard InChI is InChI=1S/C32H39N5O3S/c1-23-8-4-5-9-26(23)21-37(29(38)22-41-31-33-24(2)20-25(3)34-31)32(14-6-7-15-32)30(39)35-27-10-12-28(13-11-27)36-16-18-40-19-17-36/h4-5,8-13,20H,6-7,14-19,21-22H2,1-3H3,(H,35,39). The lowest BCUT2D eigenvalue weighted by molar-refractivity contribution is -0.144. The van der Waals surface area contributed by atoms with Crippen LogP contribution in [0.15, 0.2) is 59.8 Å². The summed E-state index contributed by atoms with van der Waals surface area (Å²) in [6.45, 7) is 9.44. The minimum atomic E-state index is -0.924. The molecule has 0 bridgehead atoms. The van der Waals surface area contributed by atoms with Gasteiger partial charge in [-0.15, -0.1) is 0 Å². The van der Waals surface area contributed by atoms with Gasteiger partial charge in [-0.2, -0.15) is 0 Å². The number of rotatable bonds is 9. The molecule has 1 N–H and O–H groups in total. The van der Waals surface area contributed by atoms with Crippen LogP contribution in [0.5, 0.6) is 0 Å². The number of thioether (sulfide) groups is 1. The molecule has 0 spiro atoms. The average Bonchev–Trinajstić information content (AvgIpc) is 3.47. The summed E-state index contributed by atoms with van der Waals surface area (Å²) in [6, 6.07) is 18.0. The molecule has 0 radical (unpaired) electrons. The number of ether oxygens (including phenoxy) is 1. The third-order valence-electron chi connectivity index (χ3n) is 8.05. The summed E-state index contributed by atoms with van der Waals surface area (Å²) >= 11 is 1.33. The van der Waals surface area contributed by atoms with Gasteiger partial charge in [-0.3, -0.25) is 9.59 Å². The number of amides is 2. The van der Waals surface area contributed by atoms with E-state index in [1.165, 1.54) is 11.8 Å². The van der Waals surface area contributed by atoms with Crippen molar-refractivity contribution in [1.29, 1.82) is 0 Å². The van der Waals surface area contributed by atoms with Gasteiger partial charge in [0.05, 0.1) is 19.0 Å². The van der Waals surface area contributed by atoms with Gasteiger partial charge in [0.1, 0.15) is 5.54 Å². The minimum absolute atomic E-state index is 0.0827. The molecular weight excluding hydrogens is 534 g/mol. The molecule has 8 nitrogen and oxygen atoms in total. The Kier molecular flexibility index (Phi) is 9.25. The SMILES string of the molecule is Cc1cc(C)nc(SCC(=O)N(Cc2ccccc2C)C2(C(=O)Nc3ccc(N4CCOCC4)cc3)CCCC2)n1. The van der Waals surface area contributed by atoms with Crippen LogP contribution in [0, 0.1) is 20.8 Å². The van der Waals surface area contributed by atoms with Gasteiger partial charge in [0.15, 0.2) is 5.16 Å². The van der Waals surface area contributed by atoms with Crippen LogP contribution >= 0.6 is 11.8 Å². The average molecular weight is 574 g/mol. The van der Waals surface area contributed by atoms with Crippen molar-refractivity contribution in [1.82, 2.24) is 14.9 Å². The van der Waals surface area contributed by atoms with E-state index in [0.29, 0.717) is 24.5 Å². The predicted octanol–water partition coefficient (Wildman–Crippen LogP) is 5.31. The molecule has 1 aromatic heterocycles. The van der Waals surface area contributed by atoms with Gasteiger partial charge in [-0.05, 0) is 75.1 Å². The Morgan fingerprint density at radius 3 is 2.29 bits per heavy atom. The summed E-state index contributed by atoms with van der Waals surface area (Å²) in [7, 11) is 0. The molecule has 2 amide bonds. The Labute approximate surface area is 246 Å². The largest absolute Gasteiger partial charge is 0.378 e. The first-order valence-electron chi connectivity index (χ1n) is 14.4. The van der Waals surface area contributed by atoms with Crippen molar-refractivity contribution in [3.63, 3.8) is 0 Å². The maximum absolute atomic E-state index is 14.1. The third kappa shape index (κ3) is 6.90. The zero-order valence-corrected chi connectivity index (χ0v) is 25.0. The smallest absolute Gasteiger partial charge is 0.250 e. The zero-order valence-electron chi connectivity index (χ0n) is 24.2. The van der Waals surface area contributed by atoms with Crippen molar-refractivity contribution in [3.05, 3.63) is 77.1 Å². The van der Waals surface area contributed by atoms with E-state index >= 15 is 0 Å². The summed E-state index contributed by atoms with van der Waals surface area (Å²) in [5.41, 5.74) is 4.81. The van der Waals surface area contributed by atoms with Gasteiger partial charge >= 0.3 is 0 Å². The number of hydrogen-bond donors (Lipinski definition) is 1. The summed E-state index contributed by atoms with van der Waals surface area (Å²) in [6.07, 6.45) is 3.06. The van der Waals surface area contributed by atoms with Crippen molar-refractivity contribution < 1.29 is 14.3 Å². The number of aryl methyl sites for hydroxylation is 3. The van der Waals surface area contributed by atoms with Crippen LogP contribution in [0.2, 0.25) is 0 Å². The van der Waals surface area contributed by atoms with Crippen LogP contribution in [0.4, 0.5) is 11.4 Å². The Morgan fingerprint density at radius 1 is 0.976 bits per heavy atom. The lowest BCUT2D eigenvalue weighted by Crippen LogP contribution is -2.57. The van der Waals surface area contributed by atoms with Crippen LogP contribution in [-0.2, 0) is 20.9 Å². The molecule has 1 saturated heterocycles. The fourth-order valence-corrected chi connectivity index (χ4v) is 6.63. The van der Waals surface area contributed by atoms with Gasteiger partial charge in [-0.1, -0.05) is 48.9 Å². The topological polar surface area (TPSA) is 87.7 Å². The second kappa shape index (κ2) is 13.0. The normalized spacial score (nSPS) is 16.4. The summed E-state index contributed by atoms with van der Waals surface area (Å²) in [5.74, 6) is -0.0395. The molecule has 0 unspecified atom stereocenters. The first kappa shape index (κ1) is 29.1. The highest BCUT2D eigenvalue weighted by Crippen LogP contribution is 2.38. The lowest BCUT2D eigenvalue weighted by Gasteiger charge is -2.40. The number of aromatic nitrogens is 2. The van der Waals surface area contributed by atoms with Gasteiger partial charge < -0.3 is 19.9 Å². The minimum Gasteiger partial charge on any atom is -0.378 e. The molecule has 1 saturated carbocycles. The van der Waals surface area contributed by atoms with Gasteiger partial charge in [-0.25, -0.2) is 9.97 Å². The highest BCUT2D eigenvalue weighted by Gasteiger charge is 2.48. The molecule has 3 aromatic rings. The van der Waals surface area contributed by atoms with Gasteiger partial charge in [0.25, 0.3) is 0 Å². The molecule has 5 rings (SSSR count). The zero-order chi connectivity index (χ0) is 28.8. The summed E-state index contributed by atoms with van der Waals surface area (Å²) in [5, 5.41) is 3.75. The molecule has 2 aromatic carbocycles. The number of nitrogens with one attached hydrogen (secondary N) is 1. The first-order valence-corrected chi connectivity index (χ1v) is 15.4. The fourth-order valence-electron chi connectivity index (χ4n) is 5.80. The lowest BCUT2D eigenvalue weighted by atomic mass is 9.92. The van der Waals surface area contributed by atoms with Crippen molar-refractivity contribution in [3.8, 4) is 0 Å². The number of morpholine rings is 1. The second-order valence-electron chi connectivity index (χ2n) is 11.0. The molecule has 2 heterocycles. The van der Waals surface area contributed by atoms with E-state index in [1.807, 2.05) is 80.3 Å². The van der Waals surface area contributed by atoms with Crippen LogP contribution in [-0.4, -0.2) is 64.3 Å². The molecule has 9 heteroatoms. The van der Waals surface area contributed by atoms with Crippen molar-refractivity contribution in [2.24, 2.45) is 0 Å². The van der Waals surface area contributed by atoms with Crippen molar-refractivity contribution in [2.45, 2.75) is 63.7 Å². The maximum Gasteiger partial charge on any atom is 0.250 e. The molecule has 2 aliphatic rings. The first-order chi connectivity index (χ1) is 19.8. The van der Waals surface area contributed by atoms with Crippen LogP contribution in [0.1, 0.15) is 48.2 Å². The van der Waals surface area contributed by atoms with Crippen molar-refractivity contribution >= 4 is 35.0 Å². The van der Waals surface area contributed by atoms with E-state index in [2.05, 4.69) is 20.2 Å². The molecule has 0 atom stereocenters. The van der Waals surface area contributed by atoms with Crippen LogP contribution in [0.25, 0.3) is 0 Å². The van der Waals surface area contributed by atoms with E-state index in [9.17, 15) is 9.59 Å². The quantitative estimate of drug-likeness (QED) is 0.274. The van der Waals surface area contributed by atoms with E-state index in [-0.39, 0.29) is 17.6 Å². The van der Waals surface area contributed by atoms with E-state index < -0.39 is 5.54 Å². The molecule has 1 aliphatic carbocycles. The Bertz CT molecular complexity index is 1350. The van der Waals surface area contributed by atoms with E-state index in [0.717, 1.165) is 73.0 Å².